The number of para-hydroxylation sites is 1. The fourth-order valence-electron chi connectivity index (χ4n) is 1.58. The first-order valence-electron chi connectivity index (χ1n) is 5.03. The lowest BCUT2D eigenvalue weighted by Gasteiger charge is -2.08. The minimum absolute atomic E-state index is 0.00298. The predicted molar refractivity (Wildman–Crippen MR) is 66.0 cm³/mol. The van der Waals surface area contributed by atoms with E-state index >= 15 is 0 Å². The van der Waals surface area contributed by atoms with Crippen molar-refractivity contribution in [2.24, 2.45) is 0 Å². The Morgan fingerprint density at radius 2 is 2.24 bits per heavy atom. The Hall–Kier alpha value is -2.54. The number of rotatable bonds is 3. The summed E-state index contributed by atoms with van der Waals surface area (Å²) in [6, 6.07) is 8.80. The zero-order chi connectivity index (χ0) is 12.3. The number of pyridine rings is 1. The molecule has 0 atom stereocenters. The van der Waals surface area contributed by atoms with Crippen molar-refractivity contribution in [3.05, 3.63) is 36.0 Å². The zero-order valence-corrected chi connectivity index (χ0v) is 8.97. The molecule has 0 aliphatic rings. The van der Waals surface area contributed by atoms with Gasteiger partial charge in [-0.25, -0.2) is 9.78 Å². The van der Waals surface area contributed by atoms with Gasteiger partial charge in [0.15, 0.2) is 5.69 Å². The van der Waals surface area contributed by atoms with E-state index in [2.05, 4.69) is 16.2 Å². The van der Waals surface area contributed by atoms with Crippen LogP contribution in [0, 0.1) is 12.3 Å². The third kappa shape index (κ3) is 2.18. The average Bonchev–Trinajstić information content (AvgIpc) is 2.35. The second-order valence-corrected chi connectivity index (χ2v) is 3.44. The van der Waals surface area contributed by atoms with Crippen LogP contribution in [0.5, 0.6) is 0 Å². The highest BCUT2D eigenvalue weighted by Gasteiger charge is 2.09. The molecule has 0 saturated carbocycles. The van der Waals surface area contributed by atoms with Gasteiger partial charge in [0.05, 0.1) is 12.1 Å². The average molecular weight is 226 g/mol. The van der Waals surface area contributed by atoms with Crippen molar-refractivity contribution >= 4 is 22.6 Å². The number of carboxylic acids is 1. The van der Waals surface area contributed by atoms with Gasteiger partial charge in [-0.3, -0.25) is 0 Å². The molecule has 1 aromatic heterocycles. The zero-order valence-electron chi connectivity index (χ0n) is 8.97. The second-order valence-electron chi connectivity index (χ2n) is 3.44. The first-order chi connectivity index (χ1) is 8.22. The Morgan fingerprint density at radius 1 is 1.47 bits per heavy atom. The van der Waals surface area contributed by atoms with Gasteiger partial charge in [-0.2, -0.15) is 0 Å². The minimum atomic E-state index is -1.06. The maximum atomic E-state index is 10.9. The van der Waals surface area contributed by atoms with Gasteiger partial charge in [0, 0.05) is 11.1 Å². The number of hydrogen-bond donors (Lipinski definition) is 2. The van der Waals surface area contributed by atoms with E-state index in [-0.39, 0.29) is 5.69 Å². The number of aromatic nitrogens is 1. The Bertz CT molecular complexity index is 614. The third-order valence-electron chi connectivity index (χ3n) is 2.32. The molecule has 0 radical (unpaired) electrons. The van der Waals surface area contributed by atoms with Gasteiger partial charge in [-0.1, -0.05) is 24.1 Å². The van der Waals surface area contributed by atoms with Crippen molar-refractivity contribution in [3.8, 4) is 12.3 Å². The number of nitrogens with one attached hydrogen (secondary N) is 1. The number of nitrogens with zero attached hydrogens (tertiary/aromatic N) is 1. The monoisotopic (exact) mass is 226 g/mol. The summed E-state index contributed by atoms with van der Waals surface area (Å²) in [7, 11) is 0. The largest absolute Gasteiger partial charge is 0.477 e. The number of terminal acetylenes is 1. The molecule has 2 N–H and O–H groups in total. The highest BCUT2D eigenvalue weighted by molar-refractivity contribution is 5.97. The number of aromatic carboxylic acids is 1. The summed E-state index contributed by atoms with van der Waals surface area (Å²) in [5, 5.41) is 12.8. The standard InChI is InChI=1S/C13H10N2O2/c1-2-7-14-11-8-12(13(16)17)15-10-6-4-3-5-9(10)11/h1,3-6,8H,7H2,(H,14,15)(H,16,17). The minimum Gasteiger partial charge on any atom is -0.477 e. The van der Waals surface area contributed by atoms with E-state index in [4.69, 9.17) is 11.5 Å². The molecule has 0 fully saturated rings. The molecule has 4 heteroatoms. The van der Waals surface area contributed by atoms with E-state index in [1.54, 1.807) is 6.07 Å². The molecule has 2 aromatic rings. The van der Waals surface area contributed by atoms with Gasteiger partial charge in [-0.15, -0.1) is 6.42 Å². The maximum Gasteiger partial charge on any atom is 0.354 e. The van der Waals surface area contributed by atoms with Gasteiger partial charge in [0.2, 0.25) is 0 Å². The van der Waals surface area contributed by atoms with Gasteiger partial charge in [0.1, 0.15) is 0 Å². The molecule has 4 nitrogen and oxygen atoms in total. The van der Waals surface area contributed by atoms with Crippen LogP contribution in [0.4, 0.5) is 5.69 Å². The summed E-state index contributed by atoms with van der Waals surface area (Å²) in [6.07, 6.45) is 5.17. The smallest absolute Gasteiger partial charge is 0.354 e. The lowest BCUT2D eigenvalue weighted by Crippen LogP contribution is -2.05. The summed E-state index contributed by atoms with van der Waals surface area (Å²) in [4.78, 5) is 15.0. The Labute approximate surface area is 98.3 Å². The lowest BCUT2D eigenvalue weighted by atomic mass is 10.1. The van der Waals surface area contributed by atoms with Crippen LogP contribution in [0.25, 0.3) is 10.9 Å². The Kier molecular flexibility index (Phi) is 2.93. The van der Waals surface area contributed by atoms with Crippen molar-refractivity contribution in [3.63, 3.8) is 0 Å². The molecule has 0 unspecified atom stereocenters. The molecular formula is C13H10N2O2. The quantitative estimate of drug-likeness (QED) is 0.785. The van der Waals surface area contributed by atoms with E-state index < -0.39 is 5.97 Å². The van der Waals surface area contributed by atoms with Gasteiger partial charge >= 0.3 is 5.97 Å². The molecule has 0 amide bonds. The number of carbonyl (C=O) groups is 1. The molecule has 0 bridgehead atoms. The van der Waals surface area contributed by atoms with Crippen molar-refractivity contribution in [1.82, 2.24) is 4.98 Å². The van der Waals surface area contributed by atoms with Crippen LogP contribution >= 0.6 is 0 Å². The number of benzene rings is 1. The summed E-state index contributed by atoms with van der Waals surface area (Å²) < 4.78 is 0. The molecule has 84 valence electrons. The first-order valence-corrected chi connectivity index (χ1v) is 5.03. The lowest BCUT2D eigenvalue weighted by molar-refractivity contribution is 0.0691. The van der Waals surface area contributed by atoms with E-state index in [0.717, 1.165) is 5.39 Å². The molecule has 1 aromatic carbocycles. The van der Waals surface area contributed by atoms with Gasteiger partial charge < -0.3 is 10.4 Å². The number of carboxylic acid groups (broad SMARTS) is 1. The maximum absolute atomic E-state index is 10.9. The van der Waals surface area contributed by atoms with Crippen LogP contribution in [0.2, 0.25) is 0 Å². The third-order valence-corrected chi connectivity index (χ3v) is 2.32. The topological polar surface area (TPSA) is 62.2 Å². The fourth-order valence-corrected chi connectivity index (χ4v) is 1.58. The number of hydrogen-bond acceptors (Lipinski definition) is 3. The Morgan fingerprint density at radius 3 is 2.94 bits per heavy atom. The molecule has 0 aliphatic carbocycles. The SMILES string of the molecule is C#CCNc1cc(C(=O)O)nc2ccccc12. The normalized spacial score (nSPS) is 9.82. The first kappa shape index (κ1) is 11.0. The second kappa shape index (κ2) is 4.54. The molecular weight excluding hydrogens is 216 g/mol. The van der Waals surface area contributed by atoms with E-state index in [9.17, 15) is 4.79 Å². The van der Waals surface area contributed by atoms with E-state index in [1.165, 1.54) is 6.07 Å². The molecule has 2 rings (SSSR count). The van der Waals surface area contributed by atoms with Crippen LogP contribution in [-0.4, -0.2) is 22.6 Å². The highest BCUT2D eigenvalue weighted by atomic mass is 16.4. The van der Waals surface area contributed by atoms with Crippen LogP contribution in [0.15, 0.2) is 30.3 Å². The fraction of sp³-hybridized carbons (Fsp3) is 0.0769. The van der Waals surface area contributed by atoms with E-state index in [1.807, 2.05) is 18.2 Å². The van der Waals surface area contributed by atoms with E-state index in [0.29, 0.717) is 17.7 Å². The van der Waals surface area contributed by atoms with Crippen LogP contribution in [0.1, 0.15) is 10.5 Å². The van der Waals surface area contributed by atoms with Crippen molar-refractivity contribution < 1.29 is 9.90 Å². The molecule has 17 heavy (non-hydrogen) atoms. The van der Waals surface area contributed by atoms with Crippen LogP contribution < -0.4 is 5.32 Å². The van der Waals surface area contributed by atoms with Gasteiger partial charge in [-0.05, 0) is 12.1 Å². The summed E-state index contributed by atoms with van der Waals surface area (Å²) in [5.41, 5.74) is 1.32. The number of fused-ring (bicyclic) bond motifs is 1. The molecule has 0 aliphatic heterocycles. The summed E-state index contributed by atoms with van der Waals surface area (Å²) in [6.45, 7) is 0.340. The Balaban J connectivity index is 2.61. The summed E-state index contributed by atoms with van der Waals surface area (Å²) in [5.74, 6) is 1.39. The van der Waals surface area contributed by atoms with Crippen LogP contribution in [-0.2, 0) is 0 Å². The summed E-state index contributed by atoms with van der Waals surface area (Å²) >= 11 is 0. The van der Waals surface area contributed by atoms with Crippen molar-refractivity contribution in [2.75, 3.05) is 11.9 Å². The van der Waals surface area contributed by atoms with Crippen LogP contribution in [0.3, 0.4) is 0 Å². The molecule has 0 spiro atoms. The van der Waals surface area contributed by atoms with Crippen molar-refractivity contribution in [1.29, 1.82) is 0 Å². The number of anilines is 1. The van der Waals surface area contributed by atoms with Crippen molar-refractivity contribution in [2.45, 2.75) is 0 Å². The molecule has 0 saturated heterocycles. The predicted octanol–water partition coefficient (Wildman–Crippen LogP) is 1.98. The van der Waals surface area contributed by atoms with Gasteiger partial charge in [0.25, 0.3) is 0 Å². The molecule has 1 heterocycles. The highest BCUT2D eigenvalue weighted by Crippen LogP contribution is 2.22.